The van der Waals surface area contributed by atoms with Crippen molar-refractivity contribution in [2.24, 2.45) is 0 Å². The molecule has 1 atom stereocenters. The number of ether oxygens (including phenoxy) is 1. The van der Waals surface area contributed by atoms with E-state index in [9.17, 15) is 14.4 Å². The Morgan fingerprint density at radius 1 is 1.32 bits per heavy atom. The molecule has 136 valence electrons. The van der Waals surface area contributed by atoms with E-state index in [0.29, 0.717) is 5.75 Å². The molecule has 0 fully saturated rings. The lowest BCUT2D eigenvalue weighted by Gasteiger charge is -2.28. The first kappa shape index (κ1) is 19.3. The molecule has 0 spiro atoms. The van der Waals surface area contributed by atoms with Crippen LogP contribution in [0.15, 0.2) is 29.2 Å². The summed E-state index contributed by atoms with van der Waals surface area (Å²) < 4.78 is 5.18. The molecule has 1 heterocycles. The van der Waals surface area contributed by atoms with Crippen molar-refractivity contribution in [3.05, 3.63) is 24.3 Å². The van der Waals surface area contributed by atoms with E-state index in [1.54, 1.807) is 4.90 Å². The quantitative estimate of drug-likeness (QED) is 0.812. The number of rotatable bonds is 5. The molecule has 1 aromatic rings. The molecule has 2 rings (SSSR count). The zero-order valence-corrected chi connectivity index (χ0v) is 15.8. The number of para-hydroxylation sites is 1. The fourth-order valence-electron chi connectivity index (χ4n) is 2.38. The fraction of sp³-hybridized carbons (Fsp3) is 0.500. The van der Waals surface area contributed by atoms with Crippen LogP contribution in [0.4, 0.5) is 5.69 Å². The minimum atomic E-state index is -0.869. The van der Waals surface area contributed by atoms with Crippen LogP contribution < -0.4 is 10.2 Å². The number of nitrogens with zero attached hydrogens (tertiary/aromatic N) is 1. The highest BCUT2D eigenvalue weighted by Crippen LogP contribution is 2.34. The fourth-order valence-corrected chi connectivity index (χ4v) is 3.32. The molecule has 0 saturated heterocycles. The first-order valence-corrected chi connectivity index (χ1v) is 9.19. The van der Waals surface area contributed by atoms with Gasteiger partial charge in [0.25, 0.3) is 5.91 Å². The number of carbonyl (C=O) groups is 3. The van der Waals surface area contributed by atoms with Crippen molar-refractivity contribution in [1.29, 1.82) is 0 Å². The molecular weight excluding hydrogens is 340 g/mol. The standard InChI is InChI=1S/C18H24N2O4S/c1-12(17(23)19-18(2,3)4)24-16(22)9-10-20-13-7-5-6-8-14(13)25-11-15(20)21/h5-8,12H,9-11H2,1-4H3,(H,19,23)/t12-/m1/s1. The van der Waals surface area contributed by atoms with Crippen LogP contribution in [0, 0.1) is 0 Å². The maximum Gasteiger partial charge on any atom is 0.308 e. The Balaban J connectivity index is 1.90. The number of fused-ring (bicyclic) bond motifs is 1. The van der Waals surface area contributed by atoms with Crippen molar-refractivity contribution < 1.29 is 19.1 Å². The van der Waals surface area contributed by atoms with Gasteiger partial charge in [-0.05, 0) is 39.8 Å². The summed E-state index contributed by atoms with van der Waals surface area (Å²) in [5.74, 6) is -0.511. The highest BCUT2D eigenvalue weighted by atomic mass is 32.2. The van der Waals surface area contributed by atoms with Crippen LogP contribution in [0.1, 0.15) is 34.1 Å². The molecule has 0 bridgehead atoms. The van der Waals surface area contributed by atoms with Crippen LogP contribution in [-0.2, 0) is 19.1 Å². The van der Waals surface area contributed by atoms with E-state index in [-0.39, 0.29) is 30.3 Å². The van der Waals surface area contributed by atoms with E-state index in [1.165, 1.54) is 18.7 Å². The molecular formula is C18H24N2O4S. The lowest BCUT2D eigenvalue weighted by atomic mass is 10.1. The van der Waals surface area contributed by atoms with Crippen molar-refractivity contribution in [3.63, 3.8) is 0 Å². The number of esters is 1. The molecule has 2 amide bonds. The van der Waals surface area contributed by atoms with Crippen LogP contribution in [0.2, 0.25) is 0 Å². The predicted molar refractivity (Wildman–Crippen MR) is 97.6 cm³/mol. The Labute approximate surface area is 152 Å². The van der Waals surface area contributed by atoms with Crippen LogP contribution in [0.5, 0.6) is 0 Å². The van der Waals surface area contributed by atoms with E-state index in [0.717, 1.165) is 10.6 Å². The summed E-state index contributed by atoms with van der Waals surface area (Å²) in [4.78, 5) is 38.8. The zero-order valence-electron chi connectivity index (χ0n) is 15.0. The molecule has 1 N–H and O–H groups in total. The molecule has 6 nitrogen and oxygen atoms in total. The van der Waals surface area contributed by atoms with Crippen LogP contribution in [-0.4, -0.2) is 41.7 Å². The van der Waals surface area contributed by atoms with E-state index >= 15 is 0 Å². The molecule has 1 aliphatic heterocycles. The van der Waals surface area contributed by atoms with Gasteiger partial charge in [-0.25, -0.2) is 0 Å². The Hall–Kier alpha value is -2.02. The van der Waals surface area contributed by atoms with Gasteiger partial charge in [0.2, 0.25) is 5.91 Å². The molecule has 7 heteroatoms. The van der Waals surface area contributed by atoms with Crippen LogP contribution in [0.25, 0.3) is 0 Å². The average Bonchev–Trinajstić information content (AvgIpc) is 2.52. The van der Waals surface area contributed by atoms with Crippen molar-refractivity contribution in [3.8, 4) is 0 Å². The second kappa shape index (κ2) is 7.91. The third kappa shape index (κ3) is 5.49. The summed E-state index contributed by atoms with van der Waals surface area (Å²) in [6.45, 7) is 7.35. The monoisotopic (exact) mass is 364 g/mol. The minimum Gasteiger partial charge on any atom is -0.452 e. The number of hydrogen-bond acceptors (Lipinski definition) is 5. The third-order valence-corrected chi connectivity index (χ3v) is 4.57. The summed E-state index contributed by atoms with van der Waals surface area (Å²) >= 11 is 1.49. The van der Waals surface area contributed by atoms with E-state index < -0.39 is 12.1 Å². The topological polar surface area (TPSA) is 75.7 Å². The Morgan fingerprint density at radius 2 is 2.00 bits per heavy atom. The number of amides is 2. The number of thioether (sulfide) groups is 1. The van der Waals surface area contributed by atoms with Crippen molar-refractivity contribution in [2.45, 2.75) is 50.7 Å². The largest absolute Gasteiger partial charge is 0.452 e. The lowest BCUT2D eigenvalue weighted by Crippen LogP contribution is -2.46. The number of hydrogen-bond donors (Lipinski definition) is 1. The number of anilines is 1. The van der Waals surface area contributed by atoms with Gasteiger partial charge in [0.15, 0.2) is 6.10 Å². The first-order valence-electron chi connectivity index (χ1n) is 8.21. The zero-order chi connectivity index (χ0) is 18.6. The van der Waals surface area contributed by atoms with Gasteiger partial charge in [-0.2, -0.15) is 0 Å². The molecule has 0 unspecified atom stereocenters. The number of nitrogens with one attached hydrogen (secondary N) is 1. The Morgan fingerprint density at radius 3 is 2.68 bits per heavy atom. The third-order valence-electron chi connectivity index (χ3n) is 3.52. The van der Waals surface area contributed by atoms with Gasteiger partial charge in [0.05, 0.1) is 17.9 Å². The Kier molecular flexibility index (Phi) is 6.11. The molecule has 1 aromatic carbocycles. The predicted octanol–water partition coefficient (Wildman–Crippen LogP) is 2.36. The van der Waals surface area contributed by atoms with E-state index in [1.807, 2.05) is 45.0 Å². The Bertz CT molecular complexity index is 669. The second-order valence-corrected chi connectivity index (χ2v) is 7.94. The second-order valence-electron chi connectivity index (χ2n) is 6.92. The van der Waals surface area contributed by atoms with Gasteiger partial charge in [-0.3, -0.25) is 14.4 Å². The van der Waals surface area contributed by atoms with Crippen molar-refractivity contribution >= 4 is 35.2 Å². The summed E-state index contributed by atoms with van der Waals surface area (Å²) in [6, 6.07) is 7.60. The van der Waals surface area contributed by atoms with Crippen LogP contribution >= 0.6 is 11.8 Å². The van der Waals surface area contributed by atoms with Gasteiger partial charge in [0, 0.05) is 17.0 Å². The SMILES string of the molecule is C[C@@H](OC(=O)CCN1C(=O)CSc2ccccc21)C(=O)NC(C)(C)C. The summed E-state index contributed by atoms with van der Waals surface area (Å²) in [5, 5.41) is 2.77. The van der Waals surface area contributed by atoms with Crippen molar-refractivity contribution in [2.75, 3.05) is 17.2 Å². The smallest absolute Gasteiger partial charge is 0.308 e. The molecule has 0 radical (unpaired) electrons. The van der Waals surface area contributed by atoms with Gasteiger partial charge in [-0.1, -0.05) is 12.1 Å². The summed E-state index contributed by atoms with van der Waals surface area (Å²) in [7, 11) is 0. The van der Waals surface area contributed by atoms with E-state index in [4.69, 9.17) is 4.74 Å². The van der Waals surface area contributed by atoms with Gasteiger partial charge >= 0.3 is 5.97 Å². The molecule has 0 saturated carbocycles. The normalized spacial score (nSPS) is 15.4. The van der Waals surface area contributed by atoms with Gasteiger partial charge in [-0.15, -0.1) is 11.8 Å². The lowest BCUT2D eigenvalue weighted by molar-refractivity contribution is -0.155. The number of carbonyl (C=O) groups excluding carboxylic acids is 3. The summed E-state index contributed by atoms with van der Waals surface area (Å²) in [6.07, 6.45) is -0.829. The van der Waals surface area contributed by atoms with Gasteiger partial charge in [0.1, 0.15) is 0 Å². The molecule has 1 aliphatic rings. The highest BCUT2D eigenvalue weighted by Gasteiger charge is 2.26. The van der Waals surface area contributed by atoms with Crippen LogP contribution in [0.3, 0.4) is 0 Å². The molecule has 25 heavy (non-hydrogen) atoms. The maximum absolute atomic E-state index is 12.1. The molecule has 0 aromatic heterocycles. The number of benzene rings is 1. The summed E-state index contributed by atoms with van der Waals surface area (Å²) in [5.41, 5.74) is 0.425. The van der Waals surface area contributed by atoms with Crippen molar-refractivity contribution in [1.82, 2.24) is 5.32 Å². The van der Waals surface area contributed by atoms with Gasteiger partial charge < -0.3 is 15.0 Å². The molecule has 0 aliphatic carbocycles. The first-order chi connectivity index (χ1) is 11.7. The minimum absolute atomic E-state index is 0.0324. The maximum atomic E-state index is 12.1. The van der Waals surface area contributed by atoms with E-state index in [2.05, 4.69) is 5.32 Å². The average molecular weight is 364 g/mol. The highest BCUT2D eigenvalue weighted by molar-refractivity contribution is 8.00.